The number of amides is 1. The molecule has 32 heavy (non-hydrogen) atoms. The highest BCUT2D eigenvalue weighted by Gasteiger charge is 2.24. The van der Waals surface area contributed by atoms with Crippen LogP contribution in [0.3, 0.4) is 0 Å². The van der Waals surface area contributed by atoms with Crippen LogP contribution in [0, 0.1) is 27.3 Å². The van der Waals surface area contributed by atoms with Crippen LogP contribution in [0.5, 0.6) is 11.5 Å². The Morgan fingerprint density at radius 1 is 1.16 bits per heavy atom. The number of thiophene rings is 1. The maximum absolute atomic E-state index is 13.1. The highest BCUT2D eigenvalue weighted by Crippen LogP contribution is 2.39. The topological polar surface area (TPSA) is 114 Å². The Bertz CT molecular complexity index is 1280. The Morgan fingerprint density at radius 2 is 1.84 bits per heavy atom. The minimum absolute atomic E-state index is 0.108. The molecule has 0 saturated carbocycles. The van der Waals surface area contributed by atoms with E-state index in [1.165, 1.54) is 41.7 Å². The summed E-state index contributed by atoms with van der Waals surface area (Å²) in [6.07, 6.45) is 1.39. The van der Waals surface area contributed by atoms with Crippen molar-refractivity contribution in [2.45, 2.75) is 0 Å². The van der Waals surface area contributed by atoms with Crippen LogP contribution >= 0.6 is 11.3 Å². The summed E-state index contributed by atoms with van der Waals surface area (Å²) in [5, 5.41) is 23.3. The van der Waals surface area contributed by atoms with E-state index in [2.05, 4.69) is 5.32 Å². The predicted octanol–water partition coefficient (Wildman–Crippen LogP) is 4.78. The van der Waals surface area contributed by atoms with Crippen LogP contribution in [-0.4, -0.2) is 24.0 Å². The van der Waals surface area contributed by atoms with Crippen molar-refractivity contribution >= 4 is 34.7 Å². The summed E-state index contributed by atoms with van der Waals surface area (Å²) in [5.74, 6) is -0.670. The zero-order valence-corrected chi connectivity index (χ0v) is 17.1. The maximum Gasteiger partial charge on any atom is 0.296 e. The monoisotopic (exact) mass is 451 g/mol. The van der Waals surface area contributed by atoms with Crippen LogP contribution in [0.15, 0.2) is 54.1 Å². The lowest BCUT2D eigenvalue weighted by Crippen LogP contribution is -2.18. The first-order valence-electron chi connectivity index (χ1n) is 9.31. The molecule has 1 aliphatic rings. The number of hydrogen-bond donors (Lipinski definition) is 1. The van der Waals surface area contributed by atoms with Gasteiger partial charge in [0.15, 0.2) is 11.5 Å². The number of carbonyl (C=O) groups excluding carboxylic acids is 1. The highest BCUT2D eigenvalue weighted by molar-refractivity contribution is 7.16. The number of ether oxygens (including phenoxy) is 2. The number of nitrogens with one attached hydrogen (secondary N) is 1. The molecular formula is C22H14FN3O5S. The number of benzene rings is 2. The molecule has 0 saturated heterocycles. The maximum atomic E-state index is 13.1. The van der Waals surface area contributed by atoms with E-state index in [1.54, 1.807) is 24.3 Å². The number of nitriles is 1. The first-order valence-corrected chi connectivity index (χ1v) is 10.1. The molecule has 3 aromatic rings. The molecule has 0 fully saturated rings. The number of anilines is 1. The van der Waals surface area contributed by atoms with Gasteiger partial charge in [-0.3, -0.25) is 14.9 Å². The average Bonchev–Trinajstić information content (AvgIpc) is 3.26. The molecule has 0 atom stereocenters. The number of hydrogen-bond acceptors (Lipinski definition) is 7. The molecule has 1 aromatic heterocycles. The van der Waals surface area contributed by atoms with E-state index in [9.17, 15) is 24.6 Å². The summed E-state index contributed by atoms with van der Waals surface area (Å²) in [7, 11) is 0. The molecule has 8 nitrogen and oxygen atoms in total. The first-order chi connectivity index (χ1) is 15.4. The van der Waals surface area contributed by atoms with Crippen LogP contribution in [0.2, 0.25) is 0 Å². The highest BCUT2D eigenvalue weighted by atomic mass is 32.1. The fourth-order valence-corrected chi connectivity index (χ4v) is 3.97. The number of rotatable bonds is 5. The molecule has 0 radical (unpaired) electrons. The van der Waals surface area contributed by atoms with E-state index in [0.717, 1.165) is 10.4 Å². The van der Waals surface area contributed by atoms with E-state index in [4.69, 9.17) is 9.47 Å². The van der Waals surface area contributed by atoms with Gasteiger partial charge in [0, 0.05) is 15.8 Å². The molecule has 2 aromatic carbocycles. The third kappa shape index (κ3) is 4.43. The van der Waals surface area contributed by atoms with Gasteiger partial charge in [-0.15, -0.1) is 11.3 Å². The zero-order valence-electron chi connectivity index (χ0n) is 16.3. The van der Waals surface area contributed by atoms with E-state index < -0.39 is 10.8 Å². The van der Waals surface area contributed by atoms with Crippen molar-refractivity contribution in [2.75, 3.05) is 18.5 Å². The molecule has 10 heteroatoms. The Hall–Kier alpha value is -4.23. The summed E-state index contributed by atoms with van der Waals surface area (Å²) in [4.78, 5) is 24.9. The van der Waals surface area contributed by atoms with Gasteiger partial charge >= 0.3 is 0 Å². The Kier molecular flexibility index (Phi) is 5.83. The van der Waals surface area contributed by atoms with Gasteiger partial charge in [-0.1, -0.05) is 12.1 Å². The summed E-state index contributed by atoms with van der Waals surface area (Å²) in [6, 6.07) is 13.8. The second-order valence-electron chi connectivity index (χ2n) is 6.60. The lowest BCUT2D eigenvalue weighted by molar-refractivity contribution is -0.384. The van der Waals surface area contributed by atoms with Gasteiger partial charge in [0.2, 0.25) is 0 Å². The minimum Gasteiger partial charge on any atom is -0.486 e. The second kappa shape index (κ2) is 8.87. The molecule has 1 amide bonds. The standard InChI is InChI=1S/C22H14FN3O5S/c23-15-3-1-13(2-4-15)21-6-5-16(32-21)9-14(12-24)22(27)25-17-10-19-20(31-8-7-30-19)11-18(17)26(28)29/h1-6,9-11H,7-8H2,(H,25,27)/b14-9+. The van der Waals surface area contributed by atoms with Gasteiger partial charge in [-0.05, 0) is 35.9 Å². The van der Waals surface area contributed by atoms with E-state index in [1.807, 2.05) is 6.07 Å². The number of nitro benzene ring substituents is 1. The molecule has 160 valence electrons. The molecule has 2 heterocycles. The molecular weight excluding hydrogens is 437 g/mol. The van der Waals surface area contributed by atoms with Crippen molar-refractivity contribution in [1.82, 2.24) is 0 Å². The van der Waals surface area contributed by atoms with E-state index >= 15 is 0 Å². The van der Waals surface area contributed by atoms with Crippen LogP contribution in [-0.2, 0) is 4.79 Å². The van der Waals surface area contributed by atoms with Crippen LogP contribution in [0.25, 0.3) is 16.5 Å². The smallest absolute Gasteiger partial charge is 0.296 e. The van der Waals surface area contributed by atoms with Gasteiger partial charge in [0.05, 0.1) is 11.0 Å². The van der Waals surface area contributed by atoms with Gasteiger partial charge in [0.1, 0.15) is 36.4 Å². The SMILES string of the molecule is N#C/C(=C\c1ccc(-c2ccc(F)cc2)s1)C(=O)Nc1cc2c(cc1[N+](=O)[O-])OCCO2. The van der Waals surface area contributed by atoms with Gasteiger partial charge in [-0.25, -0.2) is 4.39 Å². The van der Waals surface area contributed by atoms with E-state index in [0.29, 0.717) is 4.88 Å². The fourth-order valence-electron chi connectivity index (χ4n) is 3.01. The molecule has 0 bridgehead atoms. The lowest BCUT2D eigenvalue weighted by Gasteiger charge is -2.19. The Morgan fingerprint density at radius 3 is 2.50 bits per heavy atom. The zero-order chi connectivity index (χ0) is 22.7. The Labute approximate surface area is 185 Å². The normalized spacial score (nSPS) is 12.7. The van der Waals surface area contributed by atoms with Gasteiger partial charge < -0.3 is 14.8 Å². The number of nitrogens with zero attached hydrogens (tertiary/aromatic N) is 2. The molecule has 0 spiro atoms. The predicted molar refractivity (Wildman–Crippen MR) is 116 cm³/mol. The van der Waals surface area contributed by atoms with Crippen LogP contribution in [0.1, 0.15) is 4.88 Å². The van der Waals surface area contributed by atoms with Crippen molar-refractivity contribution < 1.29 is 23.6 Å². The van der Waals surface area contributed by atoms with Gasteiger partial charge in [0.25, 0.3) is 11.6 Å². The molecule has 0 unspecified atom stereocenters. The van der Waals surface area contributed by atoms with Crippen molar-refractivity contribution in [3.63, 3.8) is 0 Å². The lowest BCUT2D eigenvalue weighted by atomic mass is 10.2. The van der Waals surface area contributed by atoms with Crippen molar-refractivity contribution in [1.29, 1.82) is 5.26 Å². The fraction of sp³-hybridized carbons (Fsp3) is 0.0909. The number of carbonyl (C=O) groups is 1. The summed E-state index contributed by atoms with van der Waals surface area (Å²) in [5.41, 5.74) is 0.0748. The summed E-state index contributed by atoms with van der Waals surface area (Å²) >= 11 is 1.31. The second-order valence-corrected chi connectivity index (χ2v) is 7.72. The molecule has 1 aliphatic heterocycles. The van der Waals surface area contributed by atoms with Crippen molar-refractivity contribution in [3.8, 4) is 28.0 Å². The number of nitro groups is 1. The third-order valence-corrected chi connectivity index (χ3v) is 5.59. The largest absolute Gasteiger partial charge is 0.486 e. The number of halogens is 1. The van der Waals surface area contributed by atoms with Crippen LogP contribution in [0.4, 0.5) is 15.8 Å². The van der Waals surface area contributed by atoms with E-state index in [-0.39, 0.29) is 47.5 Å². The molecule has 4 rings (SSSR count). The summed E-state index contributed by atoms with van der Waals surface area (Å²) < 4.78 is 23.9. The average molecular weight is 451 g/mol. The van der Waals surface area contributed by atoms with Crippen molar-refractivity contribution in [3.05, 3.63) is 74.9 Å². The quantitative estimate of drug-likeness (QED) is 0.258. The minimum atomic E-state index is -0.802. The molecule has 0 aliphatic carbocycles. The van der Waals surface area contributed by atoms with Crippen LogP contribution < -0.4 is 14.8 Å². The molecule has 1 N–H and O–H groups in total. The van der Waals surface area contributed by atoms with Crippen molar-refractivity contribution in [2.24, 2.45) is 0 Å². The summed E-state index contributed by atoms with van der Waals surface area (Å²) in [6.45, 7) is 0.536. The Balaban J connectivity index is 1.59. The number of fused-ring (bicyclic) bond motifs is 1. The third-order valence-electron chi connectivity index (χ3n) is 4.51. The van der Waals surface area contributed by atoms with Gasteiger partial charge in [-0.2, -0.15) is 5.26 Å². The first kappa shape index (κ1) is 21.0.